The number of amides is 1. The molecular formula is C26H27F3N4O8. The van der Waals surface area contributed by atoms with Gasteiger partial charge in [-0.1, -0.05) is 0 Å². The summed E-state index contributed by atoms with van der Waals surface area (Å²) < 4.78 is 46.0. The Kier molecular flexibility index (Phi) is 5.73. The lowest BCUT2D eigenvalue weighted by Gasteiger charge is -2.48. The number of aliphatic hydroxyl groups excluding tert-OH is 2. The summed E-state index contributed by atoms with van der Waals surface area (Å²) in [6.07, 6.45) is -5.18. The molecule has 15 heteroatoms. The van der Waals surface area contributed by atoms with Crippen LogP contribution in [0.5, 0.6) is 11.5 Å². The van der Waals surface area contributed by atoms with Crippen molar-refractivity contribution >= 4 is 28.9 Å². The number of phenols is 1. The van der Waals surface area contributed by atoms with Gasteiger partial charge in [0.25, 0.3) is 5.91 Å². The maximum Gasteiger partial charge on any atom is 0.573 e. The van der Waals surface area contributed by atoms with E-state index in [-0.39, 0.29) is 35.6 Å². The summed E-state index contributed by atoms with van der Waals surface area (Å²) in [7, 11) is 1.74. The minimum absolute atomic E-state index is 0.0703. The van der Waals surface area contributed by atoms with Gasteiger partial charge in [0.05, 0.1) is 17.3 Å². The number of halogens is 3. The van der Waals surface area contributed by atoms with Gasteiger partial charge in [-0.25, -0.2) is 0 Å². The van der Waals surface area contributed by atoms with Gasteiger partial charge in [0, 0.05) is 35.2 Å². The van der Waals surface area contributed by atoms with Gasteiger partial charge < -0.3 is 41.9 Å². The van der Waals surface area contributed by atoms with Gasteiger partial charge in [-0.2, -0.15) is 0 Å². The van der Waals surface area contributed by atoms with Crippen molar-refractivity contribution in [3.63, 3.8) is 0 Å². The van der Waals surface area contributed by atoms with E-state index in [1.165, 1.54) is 0 Å². The summed E-state index contributed by atoms with van der Waals surface area (Å²) in [5, 5.41) is 47.8. The molecule has 2 aliphatic heterocycles. The number of rotatable bonds is 2. The van der Waals surface area contributed by atoms with Crippen molar-refractivity contribution in [1.29, 1.82) is 0 Å². The van der Waals surface area contributed by atoms with E-state index in [9.17, 15) is 48.0 Å². The predicted molar refractivity (Wildman–Crippen MR) is 133 cm³/mol. The number of Topliss-reactive ketones (excluding diaryl/α,β-unsaturated/α-hetero) is 2. The lowest BCUT2D eigenvalue weighted by Crippen LogP contribution is -2.65. The molecule has 1 aromatic rings. The predicted octanol–water partition coefficient (Wildman–Crippen LogP) is 0.678. The third-order valence-electron chi connectivity index (χ3n) is 9.24. The van der Waals surface area contributed by atoms with E-state index < -0.39 is 93.1 Å². The number of ketones is 2. The molecule has 12 nitrogen and oxygen atoms in total. The van der Waals surface area contributed by atoms with E-state index in [0.29, 0.717) is 19.5 Å². The number of nitrogens with zero attached hydrogens (tertiary/aromatic N) is 1. The molecule has 2 heterocycles. The summed E-state index contributed by atoms with van der Waals surface area (Å²) in [4.78, 5) is 40.3. The average molecular weight is 581 g/mol. The maximum absolute atomic E-state index is 13.8. The van der Waals surface area contributed by atoms with Gasteiger partial charge >= 0.3 is 6.36 Å². The molecule has 6 rings (SSSR count). The maximum atomic E-state index is 13.8. The van der Waals surface area contributed by atoms with Crippen LogP contribution in [0.25, 0.3) is 5.76 Å². The first-order chi connectivity index (χ1) is 19.1. The van der Waals surface area contributed by atoms with Crippen LogP contribution in [0, 0.1) is 17.8 Å². The summed E-state index contributed by atoms with van der Waals surface area (Å²) in [5.41, 5.74) is 5.98. The van der Waals surface area contributed by atoms with E-state index in [1.54, 1.807) is 7.05 Å². The molecule has 9 N–H and O–H groups in total. The molecule has 0 bridgehead atoms. The number of fused-ring (bicyclic) bond motifs is 6. The number of primary amides is 1. The third-order valence-corrected chi connectivity index (χ3v) is 9.24. The molecule has 41 heavy (non-hydrogen) atoms. The lowest BCUT2D eigenvalue weighted by atomic mass is 9.57. The zero-order valence-corrected chi connectivity index (χ0v) is 21.6. The van der Waals surface area contributed by atoms with Crippen LogP contribution in [0.1, 0.15) is 35.6 Å². The van der Waals surface area contributed by atoms with Gasteiger partial charge in [-0.05, 0) is 44.7 Å². The SMILES string of the molecule is CN1CCC2CNc3c(O)c4c(c(OC(F)(F)F)c3C21)C[C@H]1C[C@H]2[C@H](N)C(=O)C(C(N)=O)=C(O)[C@@]2(O)C(=O)C1=C4O. The number of hydrogen-bond acceptors (Lipinski definition) is 11. The lowest BCUT2D eigenvalue weighted by molar-refractivity contribution is -0.275. The number of aromatic hydroxyl groups is 1. The van der Waals surface area contributed by atoms with E-state index >= 15 is 0 Å². The molecule has 1 saturated carbocycles. The molecule has 6 atom stereocenters. The molecule has 1 aromatic carbocycles. The van der Waals surface area contributed by atoms with Crippen LogP contribution in [-0.4, -0.2) is 80.9 Å². The number of nitrogens with two attached hydrogens (primary N) is 2. The molecule has 0 aromatic heterocycles. The van der Waals surface area contributed by atoms with Crippen molar-refractivity contribution in [3.05, 3.63) is 33.6 Å². The number of anilines is 1. The summed E-state index contributed by atoms with van der Waals surface area (Å²) in [6.45, 7) is 0.906. The van der Waals surface area contributed by atoms with Crippen LogP contribution in [-0.2, 0) is 20.8 Å². The van der Waals surface area contributed by atoms with Gasteiger partial charge in [0.2, 0.25) is 5.78 Å². The number of carbonyl (C=O) groups is 3. The fourth-order valence-corrected chi connectivity index (χ4v) is 7.46. The smallest absolute Gasteiger partial charge is 0.508 e. The number of alkyl halides is 3. The van der Waals surface area contributed by atoms with Crippen LogP contribution in [0.3, 0.4) is 0 Å². The van der Waals surface area contributed by atoms with E-state index in [1.807, 2.05) is 4.90 Å². The molecular weight excluding hydrogens is 553 g/mol. The highest BCUT2D eigenvalue weighted by molar-refractivity contribution is 6.24. The van der Waals surface area contributed by atoms with Crippen molar-refractivity contribution in [1.82, 2.24) is 4.90 Å². The topological polar surface area (TPSA) is 209 Å². The number of aliphatic hydroxyl groups is 3. The summed E-state index contributed by atoms with van der Waals surface area (Å²) in [6, 6.07) is -2.21. The zero-order chi connectivity index (χ0) is 29.9. The average Bonchev–Trinajstić information content (AvgIpc) is 3.26. The number of likely N-dealkylation sites (tertiary alicyclic amines) is 1. The fourth-order valence-electron chi connectivity index (χ4n) is 7.46. The van der Waals surface area contributed by atoms with Crippen molar-refractivity contribution in [2.45, 2.75) is 43.3 Å². The quantitative estimate of drug-likeness (QED) is 0.191. The molecule has 0 spiro atoms. The van der Waals surface area contributed by atoms with Crippen molar-refractivity contribution in [2.24, 2.45) is 29.2 Å². The first-order valence-corrected chi connectivity index (χ1v) is 12.9. The van der Waals surface area contributed by atoms with Gasteiger partial charge in [-0.3, -0.25) is 19.3 Å². The van der Waals surface area contributed by atoms with Crippen LogP contribution >= 0.6 is 0 Å². The molecule has 2 fully saturated rings. The number of nitrogens with one attached hydrogen (secondary N) is 1. The van der Waals surface area contributed by atoms with Crippen LogP contribution in [0.4, 0.5) is 18.9 Å². The second-order valence-electron chi connectivity index (χ2n) is 11.3. The number of carbonyl (C=O) groups excluding carboxylic acids is 3. The van der Waals surface area contributed by atoms with Gasteiger partial charge in [0.15, 0.2) is 17.1 Å². The Hall–Kier alpha value is -3.82. The Labute approximate surface area is 230 Å². The van der Waals surface area contributed by atoms with E-state index in [4.69, 9.17) is 11.5 Å². The van der Waals surface area contributed by atoms with E-state index in [0.717, 1.165) is 0 Å². The largest absolute Gasteiger partial charge is 0.573 e. The highest BCUT2D eigenvalue weighted by atomic mass is 19.4. The molecule has 1 saturated heterocycles. The fraction of sp³-hybridized carbons (Fsp3) is 0.500. The van der Waals surface area contributed by atoms with Gasteiger partial charge in [-0.15, -0.1) is 13.2 Å². The standard InChI is InChI=1S/C26H27F3N4O8/c1-33-3-2-7-6-32-16-13(17(7)33)21(41-26(27,28)29)9-4-8-5-10-15(30)19(35)14(24(31)39)23(38)25(10,40)22(37)11(8)18(34)12(9)20(16)36/h7-8,10,15,17,32,34,36,38,40H,2-6,30H2,1H3,(H2,31,39)/t7?,8-,10-,15-,17?,25-/m0/s1. The number of phenolic OH excluding ortho intramolecular Hbond substituents is 1. The van der Waals surface area contributed by atoms with Gasteiger partial charge in [0.1, 0.15) is 22.8 Å². The molecule has 1 amide bonds. The Morgan fingerprint density at radius 1 is 1.22 bits per heavy atom. The Morgan fingerprint density at radius 2 is 1.90 bits per heavy atom. The minimum atomic E-state index is -5.15. The molecule has 2 unspecified atom stereocenters. The second-order valence-corrected chi connectivity index (χ2v) is 11.3. The Bertz CT molecular complexity index is 1500. The third kappa shape index (κ3) is 3.55. The summed E-state index contributed by atoms with van der Waals surface area (Å²) >= 11 is 0. The highest BCUT2D eigenvalue weighted by Crippen LogP contribution is 2.59. The minimum Gasteiger partial charge on any atom is -0.508 e. The first-order valence-electron chi connectivity index (χ1n) is 12.9. The van der Waals surface area contributed by atoms with Crippen LogP contribution in [0.2, 0.25) is 0 Å². The molecule has 5 aliphatic rings. The van der Waals surface area contributed by atoms with Crippen molar-refractivity contribution in [2.75, 3.05) is 25.5 Å². The monoisotopic (exact) mass is 580 g/mol. The normalized spacial score (nSPS) is 33.0. The Morgan fingerprint density at radius 3 is 2.54 bits per heavy atom. The van der Waals surface area contributed by atoms with Crippen molar-refractivity contribution < 1.29 is 52.7 Å². The molecule has 0 radical (unpaired) electrons. The van der Waals surface area contributed by atoms with E-state index in [2.05, 4.69) is 10.1 Å². The second kappa shape index (κ2) is 8.59. The number of ether oxygens (including phenoxy) is 1. The highest BCUT2D eigenvalue weighted by Gasteiger charge is 2.63. The van der Waals surface area contributed by atoms with Crippen LogP contribution < -0.4 is 21.5 Å². The number of benzene rings is 1. The Balaban J connectivity index is 1.60. The van der Waals surface area contributed by atoms with Crippen molar-refractivity contribution in [3.8, 4) is 11.5 Å². The molecule has 220 valence electrons. The molecule has 3 aliphatic carbocycles. The van der Waals surface area contributed by atoms with Crippen LogP contribution in [0.15, 0.2) is 16.9 Å². The number of hydrogen-bond donors (Lipinski definition) is 7. The zero-order valence-electron chi connectivity index (χ0n) is 21.6. The summed E-state index contributed by atoms with van der Waals surface area (Å²) in [5.74, 6) is -10.0. The first kappa shape index (κ1) is 27.4.